The molecule has 0 spiro atoms. The molecule has 1 amide bonds. The first kappa shape index (κ1) is 30.8. The molecule has 2 aliphatic rings. The molecule has 1 atom stereocenters. The van der Waals surface area contributed by atoms with Gasteiger partial charge in [0.25, 0.3) is 0 Å². The number of likely N-dealkylation sites (tertiary alicyclic amines) is 1. The van der Waals surface area contributed by atoms with Gasteiger partial charge in [0.05, 0.1) is 6.04 Å². The van der Waals surface area contributed by atoms with Gasteiger partial charge < -0.3 is 20.6 Å². The van der Waals surface area contributed by atoms with E-state index in [2.05, 4.69) is 40.3 Å². The third-order valence-electron chi connectivity index (χ3n) is 8.70. The van der Waals surface area contributed by atoms with Gasteiger partial charge in [0.1, 0.15) is 11.6 Å². The number of hydrogen-bond donors (Lipinski definition) is 2. The van der Waals surface area contributed by atoms with E-state index >= 15 is 0 Å². The number of amides is 1. The molecular formula is C33H40ClFN4O2S. The van der Waals surface area contributed by atoms with Crippen LogP contribution in [0.4, 0.5) is 4.39 Å². The molecule has 0 saturated carbocycles. The molecule has 9 heteroatoms. The average Bonchev–Trinajstić information content (AvgIpc) is 3.01. The summed E-state index contributed by atoms with van der Waals surface area (Å²) in [4.78, 5) is 21.4. The lowest BCUT2D eigenvalue weighted by Gasteiger charge is -2.39. The Morgan fingerprint density at radius 3 is 2.45 bits per heavy atom. The summed E-state index contributed by atoms with van der Waals surface area (Å²) in [5.74, 6) is -0.102. The Balaban J connectivity index is 1.10. The van der Waals surface area contributed by atoms with E-state index < -0.39 is 6.04 Å². The molecule has 0 aliphatic carbocycles. The summed E-state index contributed by atoms with van der Waals surface area (Å²) in [7, 11) is 0. The Labute approximate surface area is 257 Å². The number of phenolic OH excluding ortho intramolecular Hbond substituents is 1. The number of aromatic hydroxyl groups is 1. The van der Waals surface area contributed by atoms with Gasteiger partial charge in [-0.15, -0.1) is 11.8 Å². The van der Waals surface area contributed by atoms with Gasteiger partial charge in [0.15, 0.2) is 0 Å². The van der Waals surface area contributed by atoms with Crippen LogP contribution in [0.25, 0.3) is 11.1 Å². The number of carbonyl (C=O) groups excluding carboxylic acids is 1. The van der Waals surface area contributed by atoms with E-state index in [9.17, 15) is 14.3 Å². The molecule has 2 aliphatic heterocycles. The second kappa shape index (κ2) is 14.2. The van der Waals surface area contributed by atoms with Crippen LogP contribution in [-0.4, -0.2) is 83.8 Å². The molecule has 5 rings (SSSR count). The average molecular weight is 611 g/mol. The maximum absolute atomic E-state index is 14.6. The molecule has 1 unspecified atom stereocenters. The largest absolute Gasteiger partial charge is 0.508 e. The topological polar surface area (TPSA) is 73.0 Å². The molecular weight excluding hydrogens is 571 g/mol. The fourth-order valence-corrected chi connectivity index (χ4v) is 6.98. The van der Waals surface area contributed by atoms with Crippen molar-refractivity contribution in [1.82, 2.24) is 14.7 Å². The standard InChI is InChI=1S/C33H40ClFN4O2S/c1-42-31-5-3-2-4-25(31)22-38-16-18-39(19-17-38)33(41)32(36)23-10-13-37(14-11-23)15-12-24-20-26(34)6-8-28(24)29-21-27(40)7-9-30(29)35/h2-9,20-21,23,32,40H,10-19,22,36H2,1H3. The van der Waals surface area contributed by atoms with E-state index in [0.717, 1.165) is 63.2 Å². The maximum Gasteiger partial charge on any atom is 0.239 e. The summed E-state index contributed by atoms with van der Waals surface area (Å²) in [5, 5.41) is 10.5. The first-order valence-corrected chi connectivity index (χ1v) is 16.3. The van der Waals surface area contributed by atoms with Crippen LogP contribution in [-0.2, 0) is 17.8 Å². The van der Waals surface area contributed by atoms with Gasteiger partial charge in [-0.1, -0.05) is 35.9 Å². The van der Waals surface area contributed by atoms with Crippen molar-refractivity contribution in [2.75, 3.05) is 52.1 Å². The van der Waals surface area contributed by atoms with Crippen molar-refractivity contribution >= 4 is 29.3 Å². The molecule has 0 bridgehead atoms. The van der Waals surface area contributed by atoms with E-state index in [-0.39, 0.29) is 23.4 Å². The number of nitrogens with two attached hydrogens (primary N) is 1. The number of piperazine rings is 1. The predicted molar refractivity (Wildman–Crippen MR) is 169 cm³/mol. The Morgan fingerprint density at radius 1 is 0.976 bits per heavy atom. The zero-order valence-electron chi connectivity index (χ0n) is 24.1. The molecule has 3 aromatic carbocycles. The number of benzene rings is 3. The smallest absolute Gasteiger partial charge is 0.239 e. The van der Waals surface area contributed by atoms with E-state index in [1.54, 1.807) is 17.8 Å². The van der Waals surface area contributed by atoms with E-state index in [4.69, 9.17) is 17.3 Å². The Morgan fingerprint density at radius 2 is 1.71 bits per heavy atom. The van der Waals surface area contributed by atoms with Crippen molar-refractivity contribution in [3.05, 3.63) is 82.6 Å². The summed E-state index contributed by atoms with van der Waals surface area (Å²) < 4.78 is 14.6. The SMILES string of the molecule is CSc1ccccc1CN1CCN(C(=O)C(N)C2CCN(CCc3cc(Cl)ccc3-c3cc(O)ccc3F)CC2)CC1. The summed E-state index contributed by atoms with van der Waals surface area (Å²) in [6.07, 6.45) is 4.56. The number of hydrogen-bond acceptors (Lipinski definition) is 6. The van der Waals surface area contributed by atoms with Gasteiger partial charge in [-0.3, -0.25) is 9.69 Å². The Hall–Kier alpha value is -2.62. The summed E-state index contributed by atoms with van der Waals surface area (Å²) in [5.41, 5.74) is 9.95. The number of phenols is 1. The molecule has 2 saturated heterocycles. The molecule has 2 fully saturated rings. The van der Waals surface area contributed by atoms with E-state index in [0.29, 0.717) is 30.1 Å². The molecule has 6 nitrogen and oxygen atoms in total. The summed E-state index contributed by atoms with van der Waals surface area (Å²) in [6.45, 7) is 6.59. The molecule has 42 heavy (non-hydrogen) atoms. The number of rotatable bonds is 9. The van der Waals surface area contributed by atoms with E-state index in [1.807, 2.05) is 17.0 Å². The number of nitrogens with zero attached hydrogens (tertiary/aromatic N) is 3. The summed E-state index contributed by atoms with van der Waals surface area (Å²) >= 11 is 8.06. The number of thioether (sulfide) groups is 1. The van der Waals surface area contributed by atoms with Gasteiger partial charge in [-0.25, -0.2) is 4.39 Å². The lowest BCUT2D eigenvalue weighted by Crippen LogP contribution is -2.55. The molecule has 2 heterocycles. The number of halogens is 2. The second-order valence-corrected chi connectivity index (χ2v) is 12.6. The zero-order valence-corrected chi connectivity index (χ0v) is 25.7. The lowest BCUT2D eigenvalue weighted by molar-refractivity contribution is -0.136. The molecule has 3 aromatic rings. The summed E-state index contributed by atoms with van der Waals surface area (Å²) in [6, 6.07) is 17.6. The van der Waals surface area contributed by atoms with Crippen molar-refractivity contribution in [2.45, 2.75) is 36.7 Å². The Kier molecular flexibility index (Phi) is 10.4. The zero-order chi connectivity index (χ0) is 29.6. The molecule has 224 valence electrons. The van der Waals surface area contributed by atoms with Gasteiger partial charge in [-0.05, 0) is 97.6 Å². The normalized spacial score (nSPS) is 17.9. The highest BCUT2D eigenvalue weighted by molar-refractivity contribution is 7.98. The van der Waals surface area contributed by atoms with Crippen molar-refractivity contribution in [3.63, 3.8) is 0 Å². The van der Waals surface area contributed by atoms with Crippen LogP contribution in [0.5, 0.6) is 5.75 Å². The molecule has 3 N–H and O–H groups in total. The van der Waals surface area contributed by atoms with Gasteiger partial charge >= 0.3 is 0 Å². The second-order valence-electron chi connectivity index (χ2n) is 11.3. The number of piperidine rings is 1. The maximum atomic E-state index is 14.6. The van der Waals surface area contributed by atoms with Gasteiger partial charge in [-0.2, -0.15) is 0 Å². The minimum absolute atomic E-state index is 0.0269. The Bertz CT molecular complexity index is 1380. The van der Waals surface area contributed by atoms with Gasteiger partial charge in [0.2, 0.25) is 5.91 Å². The van der Waals surface area contributed by atoms with Crippen LogP contribution in [0.15, 0.2) is 65.6 Å². The highest BCUT2D eigenvalue weighted by atomic mass is 35.5. The third kappa shape index (κ3) is 7.47. The van der Waals surface area contributed by atoms with Crippen LogP contribution in [0.2, 0.25) is 5.02 Å². The monoisotopic (exact) mass is 610 g/mol. The van der Waals surface area contributed by atoms with Crippen molar-refractivity contribution < 1.29 is 14.3 Å². The fourth-order valence-electron chi connectivity index (χ4n) is 6.18. The quantitative estimate of drug-likeness (QED) is 0.312. The van der Waals surface area contributed by atoms with Crippen LogP contribution < -0.4 is 5.73 Å². The van der Waals surface area contributed by atoms with Crippen LogP contribution in [0.1, 0.15) is 24.0 Å². The lowest BCUT2D eigenvalue weighted by atomic mass is 9.88. The number of carbonyl (C=O) groups is 1. The van der Waals surface area contributed by atoms with Gasteiger partial charge in [0, 0.05) is 54.8 Å². The first-order chi connectivity index (χ1) is 20.3. The fraction of sp³-hybridized carbons (Fsp3) is 0.424. The molecule has 0 radical (unpaired) electrons. The van der Waals surface area contributed by atoms with Crippen molar-refractivity contribution in [1.29, 1.82) is 0 Å². The van der Waals surface area contributed by atoms with Crippen LogP contribution in [0, 0.1) is 11.7 Å². The van der Waals surface area contributed by atoms with E-state index in [1.165, 1.54) is 28.7 Å². The minimum atomic E-state index is -0.468. The van der Waals surface area contributed by atoms with Crippen molar-refractivity contribution in [2.24, 2.45) is 11.7 Å². The minimum Gasteiger partial charge on any atom is -0.508 e. The van der Waals surface area contributed by atoms with Crippen molar-refractivity contribution in [3.8, 4) is 16.9 Å². The van der Waals surface area contributed by atoms with Crippen LogP contribution >= 0.6 is 23.4 Å². The highest BCUT2D eigenvalue weighted by Gasteiger charge is 2.32. The molecule has 0 aromatic heterocycles. The van der Waals surface area contributed by atoms with Crippen LogP contribution in [0.3, 0.4) is 0 Å². The third-order valence-corrected chi connectivity index (χ3v) is 9.77. The predicted octanol–water partition coefficient (Wildman–Crippen LogP) is 5.50. The highest BCUT2D eigenvalue weighted by Crippen LogP contribution is 2.32. The first-order valence-electron chi connectivity index (χ1n) is 14.7.